The number of anilines is 2. The minimum atomic E-state index is 0.338. The molecule has 0 aliphatic heterocycles. The van der Waals surface area contributed by atoms with Crippen molar-refractivity contribution in [3.63, 3.8) is 0 Å². The van der Waals surface area contributed by atoms with E-state index in [1.165, 1.54) is 0 Å². The van der Waals surface area contributed by atoms with E-state index >= 15 is 0 Å². The van der Waals surface area contributed by atoms with E-state index in [1.54, 1.807) is 6.33 Å². The fourth-order valence-electron chi connectivity index (χ4n) is 1.46. The van der Waals surface area contributed by atoms with Gasteiger partial charge >= 0.3 is 0 Å². The zero-order valence-corrected chi connectivity index (χ0v) is 8.86. The number of nitrogens with one attached hydrogen (secondary N) is 1. The SMILES string of the molecule is CC(C)Nc1ncnc2ccc(N)cc12. The quantitative estimate of drug-likeness (QED) is 0.731. The first-order valence-corrected chi connectivity index (χ1v) is 4.93. The highest BCUT2D eigenvalue weighted by Gasteiger charge is 2.04. The summed E-state index contributed by atoms with van der Waals surface area (Å²) in [4.78, 5) is 8.39. The smallest absolute Gasteiger partial charge is 0.137 e. The van der Waals surface area contributed by atoms with Gasteiger partial charge < -0.3 is 11.1 Å². The van der Waals surface area contributed by atoms with Gasteiger partial charge in [-0.25, -0.2) is 9.97 Å². The molecular formula is C11H14N4. The van der Waals surface area contributed by atoms with Gasteiger partial charge in [-0.15, -0.1) is 0 Å². The van der Waals surface area contributed by atoms with Gasteiger partial charge in [-0.2, -0.15) is 0 Å². The summed E-state index contributed by atoms with van der Waals surface area (Å²) in [6.45, 7) is 4.14. The second-order valence-corrected chi connectivity index (χ2v) is 3.80. The highest BCUT2D eigenvalue weighted by Crippen LogP contribution is 2.21. The lowest BCUT2D eigenvalue weighted by molar-refractivity contribution is 0.890. The maximum absolute atomic E-state index is 5.74. The summed E-state index contributed by atoms with van der Waals surface area (Å²) in [7, 11) is 0. The lowest BCUT2D eigenvalue weighted by atomic mass is 10.2. The van der Waals surface area contributed by atoms with Crippen molar-refractivity contribution in [2.45, 2.75) is 19.9 Å². The van der Waals surface area contributed by atoms with E-state index in [9.17, 15) is 0 Å². The fraction of sp³-hybridized carbons (Fsp3) is 0.273. The zero-order chi connectivity index (χ0) is 10.8. The number of rotatable bonds is 2. The Bertz CT molecular complexity index is 479. The molecule has 78 valence electrons. The molecule has 0 amide bonds. The second kappa shape index (κ2) is 3.73. The van der Waals surface area contributed by atoms with Gasteiger partial charge in [0.25, 0.3) is 0 Å². The first-order chi connectivity index (χ1) is 7.16. The first kappa shape index (κ1) is 9.71. The molecule has 0 radical (unpaired) electrons. The topological polar surface area (TPSA) is 63.8 Å². The average Bonchev–Trinajstić information content (AvgIpc) is 2.18. The maximum atomic E-state index is 5.74. The summed E-state index contributed by atoms with van der Waals surface area (Å²) in [5, 5.41) is 4.23. The number of nitrogen functional groups attached to an aromatic ring is 1. The van der Waals surface area contributed by atoms with Gasteiger partial charge in [-0.3, -0.25) is 0 Å². The van der Waals surface area contributed by atoms with Crippen molar-refractivity contribution < 1.29 is 0 Å². The van der Waals surface area contributed by atoms with Gasteiger partial charge in [0.1, 0.15) is 12.1 Å². The number of nitrogens with two attached hydrogens (primary N) is 1. The van der Waals surface area contributed by atoms with Crippen molar-refractivity contribution in [3.8, 4) is 0 Å². The lowest BCUT2D eigenvalue weighted by Crippen LogP contribution is -2.11. The third-order valence-electron chi connectivity index (χ3n) is 2.08. The van der Waals surface area contributed by atoms with Crippen molar-refractivity contribution >= 4 is 22.4 Å². The van der Waals surface area contributed by atoms with Crippen molar-refractivity contribution in [3.05, 3.63) is 24.5 Å². The van der Waals surface area contributed by atoms with Crippen LogP contribution in [0.2, 0.25) is 0 Å². The fourth-order valence-corrected chi connectivity index (χ4v) is 1.46. The maximum Gasteiger partial charge on any atom is 0.137 e. The molecule has 0 atom stereocenters. The molecule has 2 rings (SSSR count). The molecule has 0 unspecified atom stereocenters. The van der Waals surface area contributed by atoms with E-state index in [0.717, 1.165) is 22.4 Å². The van der Waals surface area contributed by atoms with E-state index in [2.05, 4.69) is 29.1 Å². The molecule has 0 aliphatic rings. The van der Waals surface area contributed by atoms with Crippen LogP contribution >= 0.6 is 0 Å². The van der Waals surface area contributed by atoms with Crippen LogP contribution in [0.5, 0.6) is 0 Å². The Hall–Kier alpha value is -1.84. The van der Waals surface area contributed by atoms with E-state index in [0.29, 0.717) is 6.04 Å². The average molecular weight is 202 g/mol. The minimum absolute atomic E-state index is 0.338. The normalized spacial score (nSPS) is 10.9. The molecule has 0 spiro atoms. The van der Waals surface area contributed by atoms with Gasteiger partial charge in [-0.05, 0) is 32.0 Å². The number of hydrogen-bond acceptors (Lipinski definition) is 4. The Kier molecular flexibility index (Phi) is 2.41. The molecule has 0 aliphatic carbocycles. The van der Waals surface area contributed by atoms with Gasteiger partial charge in [0.15, 0.2) is 0 Å². The molecular weight excluding hydrogens is 188 g/mol. The first-order valence-electron chi connectivity index (χ1n) is 4.93. The van der Waals surface area contributed by atoms with Crippen LogP contribution in [0.25, 0.3) is 10.9 Å². The van der Waals surface area contributed by atoms with E-state index in [4.69, 9.17) is 5.73 Å². The summed E-state index contributed by atoms with van der Waals surface area (Å²) >= 11 is 0. The van der Waals surface area contributed by atoms with Crippen LogP contribution in [-0.2, 0) is 0 Å². The van der Waals surface area contributed by atoms with Crippen LogP contribution in [-0.4, -0.2) is 16.0 Å². The van der Waals surface area contributed by atoms with Crippen LogP contribution in [0.1, 0.15) is 13.8 Å². The van der Waals surface area contributed by atoms with Crippen LogP contribution < -0.4 is 11.1 Å². The summed E-state index contributed by atoms with van der Waals surface area (Å²) in [6.07, 6.45) is 1.56. The van der Waals surface area contributed by atoms with Crippen LogP contribution in [0, 0.1) is 0 Å². The number of benzene rings is 1. The molecule has 4 nitrogen and oxygen atoms in total. The van der Waals surface area contributed by atoms with Gasteiger partial charge in [-0.1, -0.05) is 0 Å². The molecule has 2 aromatic rings. The summed E-state index contributed by atoms with van der Waals surface area (Å²) in [6, 6.07) is 5.97. The van der Waals surface area contributed by atoms with Crippen molar-refractivity contribution in [2.75, 3.05) is 11.1 Å². The molecule has 0 saturated carbocycles. The van der Waals surface area contributed by atoms with Crippen molar-refractivity contribution in [1.82, 2.24) is 9.97 Å². The number of hydrogen-bond donors (Lipinski definition) is 2. The van der Waals surface area contributed by atoms with Crippen molar-refractivity contribution in [2.24, 2.45) is 0 Å². The van der Waals surface area contributed by atoms with Gasteiger partial charge in [0, 0.05) is 17.1 Å². The molecule has 0 fully saturated rings. The molecule has 4 heteroatoms. The third kappa shape index (κ3) is 1.98. The highest BCUT2D eigenvalue weighted by molar-refractivity contribution is 5.91. The van der Waals surface area contributed by atoms with Crippen molar-refractivity contribution in [1.29, 1.82) is 0 Å². The van der Waals surface area contributed by atoms with Gasteiger partial charge in [0.05, 0.1) is 5.52 Å². The number of fused-ring (bicyclic) bond motifs is 1. The zero-order valence-electron chi connectivity index (χ0n) is 8.86. The van der Waals surface area contributed by atoms with Gasteiger partial charge in [0.2, 0.25) is 0 Å². The largest absolute Gasteiger partial charge is 0.399 e. The van der Waals surface area contributed by atoms with E-state index in [-0.39, 0.29) is 0 Å². The Morgan fingerprint density at radius 2 is 2.07 bits per heavy atom. The molecule has 15 heavy (non-hydrogen) atoms. The Balaban J connectivity index is 2.58. The van der Waals surface area contributed by atoms with Crippen LogP contribution in [0.15, 0.2) is 24.5 Å². The summed E-state index contributed by atoms with van der Waals surface area (Å²) < 4.78 is 0. The predicted octanol–water partition coefficient (Wildman–Crippen LogP) is 2.03. The van der Waals surface area contributed by atoms with E-state index in [1.807, 2.05) is 18.2 Å². The summed E-state index contributed by atoms with van der Waals surface area (Å²) in [5.41, 5.74) is 7.37. The highest BCUT2D eigenvalue weighted by atomic mass is 15.0. The summed E-state index contributed by atoms with van der Waals surface area (Å²) in [5.74, 6) is 0.835. The monoisotopic (exact) mass is 202 g/mol. The van der Waals surface area contributed by atoms with Crippen LogP contribution in [0.3, 0.4) is 0 Å². The molecule has 0 saturated heterocycles. The Morgan fingerprint density at radius 3 is 2.80 bits per heavy atom. The third-order valence-corrected chi connectivity index (χ3v) is 2.08. The molecule has 3 N–H and O–H groups in total. The number of aromatic nitrogens is 2. The molecule has 1 aromatic heterocycles. The van der Waals surface area contributed by atoms with E-state index < -0.39 is 0 Å². The Morgan fingerprint density at radius 1 is 1.27 bits per heavy atom. The molecule has 1 aromatic carbocycles. The molecule has 1 heterocycles. The number of nitrogens with zero attached hydrogens (tertiary/aromatic N) is 2. The molecule has 0 bridgehead atoms. The minimum Gasteiger partial charge on any atom is -0.399 e. The predicted molar refractivity (Wildman–Crippen MR) is 62.7 cm³/mol. The Labute approximate surface area is 88.5 Å². The standard InChI is InChI=1S/C11H14N4/c1-7(2)15-11-9-5-8(12)3-4-10(9)13-6-14-11/h3-7H,12H2,1-2H3,(H,13,14,15). The van der Waals surface area contributed by atoms with Crippen LogP contribution in [0.4, 0.5) is 11.5 Å². The second-order valence-electron chi connectivity index (χ2n) is 3.80. The lowest BCUT2D eigenvalue weighted by Gasteiger charge is -2.11.